The molecule has 1 saturated heterocycles. The van der Waals surface area contributed by atoms with Gasteiger partial charge in [0.25, 0.3) is 5.91 Å². The van der Waals surface area contributed by atoms with Gasteiger partial charge in [-0.15, -0.1) is 0 Å². The predicted octanol–water partition coefficient (Wildman–Crippen LogP) is 3.94. The minimum absolute atomic E-state index is 0.0515. The standard InChI is InChI=1S/C20H19ClIN3O2S/c1-24-19(27)17(12-18(26)23-16-8-6-15(22)7-9-16)25(20(24)28)11-10-13-2-4-14(21)5-3-13/h2-9,17H,10-12H2,1H3,(H,23,26). The fraction of sp³-hybridized carbons (Fsp3) is 0.250. The molecule has 0 aromatic heterocycles. The number of thiocarbonyl (C=S) groups is 1. The predicted molar refractivity (Wildman–Crippen MR) is 123 cm³/mol. The third-order valence-electron chi connectivity index (χ3n) is 4.59. The van der Waals surface area contributed by atoms with Crippen molar-refractivity contribution in [2.75, 3.05) is 18.9 Å². The van der Waals surface area contributed by atoms with E-state index in [-0.39, 0.29) is 18.2 Å². The van der Waals surface area contributed by atoms with Crippen molar-refractivity contribution in [2.24, 2.45) is 0 Å². The first-order chi connectivity index (χ1) is 13.3. The van der Waals surface area contributed by atoms with E-state index in [0.717, 1.165) is 9.13 Å². The number of amides is 2. The normalized spacial score (nSPS) is 16.6. The number of nitrogens with zero attached hydrogens (tertiary/aromatic N) is 2. The van der Waals surface area contributed by atoms with E-state index < -0.39 is 6.04 Å². The van der Waals surface area contributed by atoms with Crippen LogP contribution in [0.4, 0.5) is 5.69 Å². The Labute approximate surface area is 188 Å². The molecule has 1 aliphatic rings. The van der Waals surface area contributed by atoms with E-state index in [9.17, 15) is 9.59 Å². The number of nitrogens with one attached hydrogen (secondary N) is 1. The van der Waals surface area contributed by atoms with Crippen molar-refractivity contribution in [3.05, 3.63) is 62.7 Å². The molecule has 0 radical (unpaired) electrons. The lowest BCUT2D eigenvalue weighted by molar-refractivity contribution is -0.130. The highest BCUT2D eigenvalue weighted by molar-refractivity contribution is 14.1. The average Bonchev–Trinajstić information content (AvgIpc) is 2.87. The Bertz CT molecular complexity index is 889. The van der Waals surface area contributed by atoms with E-state index >= 15 is 0 Å². The van der Waals surface area contributed by atoms with Gasteiger partial charge in [0.05, 0.1) is 6.42 Å². The molecule has 0 bridgehead atoms. The van der Waals surface area contributed by atoms with Crippen LogP contribution in [0, 0.1) is 3.57 Å². The van der Waals surface area contributed by atoms with Crippen LogP contribution in [0.3, 0.4) is 0 Å². The monoisotopic (exact) mass is 527 g/mol. The first-order valence-corrected chi connectivity index (χ1v) is 10.6. The number of carbonyl (C=O) groups is 2. The van der Waals surface area contributed by atoms with Gasteiger partial charge in [-0.2, -0.15) is 0 Å². The van der Waals surface area contributed by atoms with Gasteiger partial charge in [0.2, 0.25) is 5.91 Å². The van der Waals surface area contributed by atoms with Crippen LogP contribution in [0.5, 0.6) is 0 Å². The molecule has 1 fully saturated rings. The van der Waals surface area contributed by atoms with E-state index in [0.29, 0.717) is 28.8 Å². The highest BCUT2D eigenvalue weighted by Gasteiger charge is 2.41. The van der Waals surface area contributed by atoms with Crippen molar-refractivity contribution in [3.8, 4) is 0 Å². The Morgan fingerprint density at radius 2 is 1.82 bits per heavy atom. The molecular weight excluding hydrogens is 509 g/mol. The molecule has 0 spiro atoms. The van der Waals surface area contributed by atoms with Crippen molar-refractivity contribution in [3.63, 3.8) is 0 Å². The fourth-order valence-corrected chi connectivity index (χ4v) is 3.84. The summed E-state index contributed by atoms with van der Waals surface area (Å²) in [5.41, 5.74) is 1.80. The minimum atomic E-state index is -0.589. The SMILES string of the molecule is CN1C(=O)C(CC(=O)Nc2ccc(I)cc2)N(CCc2ccc(Cl)cc2)C1=S. The van der Waals surface area contributed by atoms with Crippen molar-refractivity contribution in [2.45, 2.75) is 18.9 Å². The van der Waals surface area contributed by atoms with Crippen LogP contribution in [-0.2, 0) is 16.0 Å². The first-order valence-electron chi connectivity index (χ1n) is 8.73. The lowest BCUT2D eigenvalue weighted by Crippen LogP contribution is -2.39. The Morgan fingerprint density at radius 1 is 1.18 bits per heavy atom. The van der Waals surface area contributed by atoms with Crippen molar-refractivity contribution < 1.29 is 9.59 Å². The minimum Gasteiger partial charge on any atom is -0.336 e. The Morgan fingerprint density at radius 3 is 2.46 bits per heavy atom. The zero-order valence-electron chi connectivity index (χ0n) is 15.2. The van der Waals surface area contributed by atoms with Gasteiger partial charge in [0.1, 0.15) is 6.04 Å². The summed E-state index contributed by atoms with van der Waals surface area (Å²) in [6, 6.07) is 14.5. The molecule has 2 aromatic carbocycles. The van der Waals surface area contributed by atoms with Gasteiger partial charge in [0, 0.05) is 27.9 Å². The number of halogens is 2. The summed E-state index contributed by atoms with van der Waals surface area (Å²) in [6.45, 7) is 0.554. The Balaban J connectivity index is 1.66. The number of hydrogen-bond acceptors (Lipinski definition) is 3. The first kappa shape index (κ1) is 21.0. The maximum absolute atomic E-state index is 12.6. The molecule has 0 aliphatic carbocycles. The van der Waals surface area contributed by atoms with Crippen LogP contribution >= 0.6 is 46.4 Å². The zero-order valence-corrected chi connectivity index (χ0v) is 18.9. The van der Waals surface area contributed by atoms with E-state index in [1.54, 1.807) is 7.05 Å². The Hall–Kier alpha value is -1.71. The summed E-state index contributed by atoms with van der Waals surface area (Å²) in [5, 5.41) is 3.98. The zero-order chi connectivity index (χ0) is 20.3. The highest BCUT2D eigenvalue weighted by atomic mass is 127. The fourth-order valence-electron chi connectivity index (χ4n) is 3.05. The van der Waals surface area contributed by atoms with E-state index in [1.165, 1.54) is 4.90 Å². The smallest absolute Gasteiger partial charge is 0.251 e. The van der Waals surface area contributed by atoms with Crippen LogP contribution in [0.25, 0.3) is 0 Å². The summed E-state index contributed by atoms with van der Waals surface area (Å²) in [4.78, 5) is 28.4. The number of benzene rings is 2. The molecular formula is C20H19ClIN3O2S. The van der Waals surface area contributed by atoms with Crippen LogP contribution in [0.2, 0.25) is 5.02 Å². The van der Waals surface area contributed by atoms with Gasteiger partial charge in [0.15, 0.2) is 5.11 Å². The third-order valence-corrected chi connectivity index (χ3v) is 6.07. The van der Waals surface area contributed by atoms with Crippen LogP contribution in [-0.4, -0.2) is 46.4 Å². The molecule has 2 aromatic rings. The molecule has 28 heavy (non-hydrogen) atoms. The summed E-state index contributed by atoms with van der Waals surface area (Å²) < 4.78 is 1.09. The quantitative estimate of drug-likeness (QED) is 0.457. The van der Waals surface area contributed by atoms with Gasteiger partial charge >= 0.3 is 0 Å². The molecule has 5 nitrogen and oxygen atoms in total. The van der Waals surface area contributed by atoms with E-state index in [1.807, 2.05) is 53.4 Å². The van der Waals surface area contributed by atoms with Crippen LogP contribution in [0.15, 0.2) is 48.5 Å². The topological polar surface area (TPSA) is 52.7 Å². The van der Waals surface area contributed by atoms with Gasteiger partial charge in [-0.3, -0.25) is 14.5 Å². The largest absolute Gasteiger partial charge is 0.336 e. The third kappa shape index (κ3) is 5.01. The number of rotatable bonds is 6. The molecule has 1 aliphatic heterocycles. The second-order valence-corrected chi connectivity index (χ2v) is 8.57. The number of anilines is 1. The molecule has 146 valence electrons. The molecule has 1 heterocycles. The van der Waals surface area contributed by atoms with Gasteiger partial charge in [-0.25, -0.2) is 0 Å². The molecule has 0 saturated carbocycles. The van der Waals surface area contributed by atoms with Gasteiger partial charge < -0.3 is 10.2 Å². The molecule has 1 N–H and O–H groups in total. The summed E-state index contributed by atoms with van der Waals surface area (Å²) >= 11 is 13.6. The summed E-state index contributed by atoms with van der Waals surface area (Å²) in [7, 11) is 1.65. The molecule has 8 heteroatoms. The lowest BCUT2D eigenvalue weighted by atomic mass is 10.1. The molecule has 2 amide bonds. The number of likely N-dealkylation sites (N-methyl/N-ethyl adjacent to an activating group) is 1. The highest BCUT2D eigenvalue weighted by Crippen LogP contribution is 2.21. The molecule has 1 atom stereocenters. The van der Waals surface area contributed by atoms with Gasteiger partial charge in [-0.1, -0.05) is 23.7 Å². The molecule has 1 unspecified atom stereocenters. The number of carbonyl (C=O) groups excluding carboxylic acids is 2. The van der Waals surface area contributed by atoms with E-state index in [4.69, 9.17) is 23.8 Å². The van der Waals surface area contributed by atoms with Crippen LogP contribution in [0.1, 0.15) is 12.0 Å². The van der Waals surface area contributed by atoms with Crippen molar-refractivity contribution in [1.82, 2.24) is 9.80 Å². The van der Waals surface area contributed by atoms with Crippen molar-refractivity contribution in [1.29, 1.82) is 0 Å². The van der Waals surface area contributed by atoms with Gasteiger partial charge in [-0.05, 0) is 83.2 Å². The maximum atomic E-state index is 12.6. The summed E-state index contributed by atoms with van der Waals surface area (Å²) in [5.74, 6) is -0.368. The summed E-state index contributed by atoms with van der Waals surface area (Å²) in [6.07, 6.45) is 0.754. The van der Waals surface area contributed by atoms with Crippen molar-refractivity contribution >= 4 is 69.0 Å². The second-order valence-electron chi connectivity index (χ2n) is 6.52. The van der Waals surface area contributed by atoms with E-state index in [2.05, 4.69) is 27.9 Å². The lowest BCUT2D eigenvalue weighted by Gasteiger charge is -2.23. The maximum Gasteiger partial charge on any atom is 0.251 e. The average molecular weight is 528 g/mol. The second kappa shape index (κ2) is 9.19. The number of hydrogen-bond donors (Lipinski definition) is 1. The van der Waals surface area contributed by atoms with Crippen LogP contribution < -0.4 is 5.32 Å². The molecule has 3 rings (SSSR count). The Kier molecular flexibility index (Phi) is 6.90.